The van der Waals surface area contributed by atoms with Gasteiger partial charge in [0.15, 0.2) is 0 Å². The summed E-state index contributed by atoms with van der Waals surface area (Å²) in [5.74, 6) is -0.927. The zero-order valence-electron chi connectivity index (χ0n) is 11.1. The van der Waals surface area contributed by atoms with E-state index in [1.165, 1.54) is 11.3 Å². The van der Waals surface area contributed by atoms with E-state index in [-0.39, 0.29) is 12.4 Å². The molecule has 1 N–H and O–H groups in total. The molecule has 0 saturated heterocycles. The third-order valence-electron chi connectivity index (χ3n) is 2.50. The highest BCUT2D eigenvalue weighted by atomic mass is 32.1. The summed E-state index contributed by atoms with van der Waals surface area (Å²) in [6.45, 7) is 3.52. The van der Waals surface area contributed by atoms with Crippen LogP contribution in [-0.2, 0) is 9.53 Å². The molecule has 0 aliphatic carbocycles. The lowest BCUT2D eigenvalue weighted by molar-refractivity contribution is -0.144. The molecule has 2 aromatic rings. The van der Waals surface area contributed by atoms with Crippen molar-refractivity contribution in [2.45, 2.75) is 19.9 Å². The number of carbonyl (C=O) groups excluding carboxylic acids is 2. The molecule has 0 aliphatic rings. The van der Waals surface area contributed by atoms with Crippen LogP contribution in [0.25, 0.3) is 10.6 Å². The first kappa shape index (κ1) is 14.3. The number of esters is 1. The zero-order valence-corrected chi connectivity index (χ0v) is 11.9. The topological polar surface area (TPSA) is 81.4 Å². The molecule has 0 bridgehead atoms. The maximum atomic E-state index is 11.9. The second-order valence-electron chi connectivity index (χ2n) is 4.00. The van der Waals surface area contributed by atoms with Gasteiger partial charge in [0.1, 0.15) is 11.7 Å². The molecule has 0 aromatic carbocycles. The lowest BCUT2D eigenvalue weighted by atomic mass is 10.3. The average Bonchev–Trinajstić information content (AvgIpc) is 3.09. The molecule has 0 fully saturated rings. The monoisotopic (exact) mass is 294 g/mol. The van der Waals surface area contributed by atoms with Crippen LogP contribution in [0.15, 0.2) is 28.1 Å². The first-order chi connectivity index (χ1) is 9.61. The molecule has 0 aliphatic heterocycles. The number of hydrogen-bond donors (Lipinski definition) is 1. The fourth-order valence-electron chi connectivity index (χ4n) is 1.52. The molecule has 0 spiro atoms. The van der Waals surface area contributed by atoms with E-state index in [9.17, 15) is 9.59 Å². The van der Waals surface area contributed by atoms with Gasteiger partial charge < -0.3 is 14.6 Å². The second-order valence-corrected chi connectivity index (χ2v) is 4.95. The summed E-state index contributed by atoms with van der Waals surface area (Å²) >= 11 is 1.50. The van der Waals surface area contributed by atoms with E-state index < -0.39 is 17.9 Å². The number of carbonyl (C=O) groups is 2. The van der Waals surface area contributed by atoms with Crippen LogP contribution in [0, 0.1) is 0 Å². The van der Waals surface area contributed by atoms with Gasteiger partial charge in [-0.1, -0.05) is 11.2 Å². The number of nitrogens with zero attached hydrogens (tertiary/aromatic N) is 1. The van der Waals surface area contributed by atoms with Crippen molar-refractivity contribution < 1.29 is 18.8 Å². The van der Waals surface area contributed by atoms with E-state index >= 15 is 0 Å². The first-order valence-corrected chi connectivity index (χ1v) is 6.98. The first-order valence-electron chi connectivity index (χ1n) is 6.10. The van der Waals surface area contributed by atoms with Crippen molar-refractivity contribution in [2.24, 2.45) is 0 Å². The maximum Gasteiger partial charge on any atom is 0.328 e. The Hall–Kier alpha value is -2.15. The zero-order chi connectivity index (χ0) is 14.5. The van der Waals surface area contributed by atoms with Crippen LogP contribution < -0.4 is 5.32 Å². The van der Waals surface area contributed by atoms with Crippen LogP contribution in [0.3, 0.4) is 0 Å². The number of nitrogens with one attached hydrogen (secondary N) is 1. The molecule has 7 heteroatoms. The molecule has 106 valence electrons. The second kappa shape index (κ2) is 6.33. The molecule has 0 unspecified atom stereocenters. The summed E-state index contributed by atoms with van der Waals surface area (Å²) in [4.78, 5) is 24.2. The minimum atomic E-state index is -0.738. The van der Waals surface area contributed by atoms with Gasteiger partial charge in [-0.2, -0.15) is 0 Å². The molecule has 2 aromatic heterocycles. The molecule has 20 heavy (non-hydrogen) atoms. The fraction of sp³-hybridized carbons (Fsp3) is 0.308. The lowest BCUT2D eigenvalue weighted by Gasteiger charge is -2.10. The summed E-state index contributed by atoms with van der Waals surface area (Å²) < 4.78 is 9.79. The van der Waals surface area contributed by atoms with E-state index in [0.29, 0.717) is 5.69 Å². The van der Waals surface area contributed by atoms with E-state index in [4.69, 9.17) is 9.26 Å². The minimum Gasteiger partial charge on any atom is -0.464 e. The SMILES string of the molecule is CCOC(=O)[C@H](C)NC(=O)c1cc(-c2cccs2)no1. The van der Waals surface area contributed by atoms with Gasteiger partial charge in [0.2, 0.25) is 5.76 Å². The Balaban J connectivity index is 2.01. The Morgan fingerprint density at radius 2 is 2.35 bits per heavy atom. The van der Waals surface area contributed by atoms with Gasteiger partial charge in [-0.15, -0.1) is 11.3 Å². The number of ether oxygens (including phenoxy) is 1. The number of aromatic nitrogens is 1. The third kappa shape index (κ3) is 3.24. The van der Waals surface area contributed by atoms with Crippen LogP contribution in [0.2, 0.25) is 0 Å². The highest BCUT2D eigenvalue weighted by Crippen LogP contribution is 2.23. The van der Waals surface area contributed by atoms with Crippen LogP contribution in [-0.4, -0.2) is 29.7 Å². The van der Waals surface area contributed by atoms with Gasteiger partial charge >= 0.3 is 5.97 Å². The summed E-state index contributed by atoms with van der Waals surface area (Å²) in [5.41, 5.74) is 0.592. The molecule has 0 radical (unpaired) electrons. The van der Waals surface area contributed by atoms with Crippen LogP contribution in [0.5, 0.6) is 0 Å². The fourth-order valence-corrected chi connectivity index (χ4v) is 2.19. The number of hydrogen-bond acceptors (Lipinski definition) is 6. The summed E-state index contributed by atoms with van der Waals surface area (Å²) in [7, 11) is 0. The maximum absolute atomic E-state index is 11.9. The van der Waals surface area contributed by atoms with E-state index in [1.807, 2.05) is 17.5 Å². The third-order valence-corrected chi connectivity index (χ3v) is 3.39. The van der Waals surface area contributed by atoms with Crippen molar-refractivity contribution >= 4 is 23.2 Å². The van der Waals surface area contributed by atoms with Crippen LogP contribution >= 0.6 is 11.3 Å². The van der Waals surface area contributed by atoms with Crippen molar-refractivity contribution in [1.82, 2.24) is 10.5 Å². The molecular formula is C13H14N2O4S. The quantitative estimate of drug-likeness (QED) is 0.854. The summed E-state index contributed by atoms with van der Waals surface area (Å²) in [5, 5.41) is 8.23. The molecule has 1 amide bonds. The molecule has 0 saturated carbocycles. The van der Waals surface area contributed by atoms with Gasteiger partial charge in [0.25, 0.3) is 5.91 Å². The number of thiophene rings is 1. The van der Waals surface area contributed by atoms with Gasteiger partial charge in [0, 0.05) is 6.07 Å². The van der Waals surface area contributed by atoms with Crippen LogP contribution in [0.4, 0.5) is 0 Å². The predicted octanol–water partition coefficient (Wildman–Crippen LogP) is 2.08. The number of rotatable bonds is 5. The lowest BCUT2D eigenvalue weighted by Crippen LogP contribution is -2.39. The van der Waals surface area contributed by atoms with E-state index in [2.05, 4.69) is 10.5 Å². The average molecular weight is 294 g/mol. The predicted molar refractivity (Wildman–Crippen MR) is 73.4 cm³/mol. The highest BCUT2D eigenvalue weighted by molar-refractivity contribution is 7.13. The van der Waals surface area contributed by atoms with E-state index in [1.54, 1.807) is 19.9 Å². The number of amides is 1. The van der Waals surface area contributed by atoms with Gasteiger partial charge in [-0.3, -0.25) is 4.79 Å². The summed E-state index contributed by atoms with van der Waals surface area (Å²) in [6.07, 6.45) is 0. The standard InChI is InChI=1S/C13H14N2O4S/c1-3-18-13(17)8(2)14-12(16)10-7-9(15-19-10)11-5-4-6-20-11/h4-8H,3H2,1-2H3,(H,14,16)/t8-/m0/s1. The Bertz CT molecular complexity index is 591. The summed E-state index contributed by atoms with van der Waals surface area (Å²) in [6, 6.07) is 4.57. The van der Waals surface area contributed by atoms with Crippen molar-refractivity contribution in [1.29, 1.82) is 0 Å². The van der Waals surface area contributed by atoms with Crippen molar-refractivity contribution in [3.05, 3.63) is 29.3 Å². The Kier molecular flexibility index (Phi) is 4.52. The molecule has 1 atom stereocenters. The molecule has 2 rings (SSSR count). The molecule has 6 nitrogen and oxygen atoms in total. The minimum absolute atomic E-state index is 0.0598. The van der Waals surface area contributed by atoms with Crippen LogP contribution in [0.1, 0.15) is 24.4 Å². The van der Waals surface area contributed by atoms with Crippen molar-refractivity contribution in [2.75, 3.05) is 6.61 Å². The highest BCUT2D eigenvalue weighted by Gasteiger charge is 2.20. The van der Waals surface area contributed by atoms with Gasteiger partial charge in [0.05, 0.1) is 11.5 Å². The Labute approximate surface area is 119 Å². The van der Waals surface area contributed by atoms with E-state index in [0.717, 1.165) is 4.88 Å². The van der Waals surface area contributed by atoms with Gasteiger partial charge in [-0.25, -0.2) is 4.79 Å². The normalized spacial score (nSPS) is 11.9. The van der Waals surface area contributed by atoms with Crippen molar-refractivity contribution in [3.63, 3.8) is 0 Å². The van der Waals surface area contributed by atoms with Gasteiger partial charge in [-0.05, 0) is 25.3 Å². The smallest absolute Gasteiger partial charge is 0.328 e. The Morgan fingerprint density at radius 1 is 1.55 bits per heavy atom. The van der Waals surface area contributed by atoms with Crippen molar-refractivity contribution in [3.8, 4) is 10.6 Å². The molecule has 2 heterocycles. The largest absolute Gasteiger partial charge is 0.464 e. The Morgan fingerprint density at radius 3 is 3.00 bits per heavy atom. The molecular weight excluding hydrogens is 280 g/mol.